The molecule has 0 heterocycles. The molecule has 0 aliphatic rings. The van der Waals surface area contributed by atoms with Gasteiger partial charge in [-0.1, -0.05) is 294 Å². The van der Waals surface area contributed by atoms with Crippen molar-refractivity contribution >= 4 is 11.9 Å². The molecule has 0 bridgehead atoms. The maximum Gasteiger partial charge on any atom is 0.305 e. The van der Waals surface area contributed by atoms with E-state index in [-0.39, 0.29) is 18.5 Å². The number of nitrogens with one attached hydrogen (secondary N) is 1. The van der Waals surface area contributed by atoms with E-state index in [2.05, 4.69) is 55.6 Å². The number of allylic oxidation sites excluding steroid dienone is 6. The van der Waals surface area contributed by atoms with Crippen LogP contribution < -0.4 is 5.32 Å². The Bertz CT molecular complexity index is 1180. The number of aliphatic hydroxyl groups is 2. The van der Waals surface area contributed by atoms with Crippen LogP contribution in [-0.4, -0.2) is 47.4 Å². The zero-order valence-corrected chi connectivity index (χ0v) is 49.1. The summed E-state index contributed by atoms with van der Waals surface area (Å²) in [5, 5.41) is 23.3. The van der Waals surface area contributed by atoms with Crippen molar-refractivity contribution in [2.24, 2.45) is 0 Å². The number of carbonyl (C=O) groups excluding carboxylic acids is 2. The van der Waals surface area contributed by atoms with Crippen LogP contribution in [0.5, 0.6) is 0 Å². The summed E-state index contributed by atoms with van der Waals surface area (Å²) in [6.45, 7) is 4.94. The molecule has 2 unspecified atom stereocenters. The second-order valence-electron chi connectivity index (χ2n) is 22.4. The summed E-state index contributed by atoms with van der Waals surface area (Å²) in [6.07, 6.45) is 78.7. The lowest BCUT2D eigenvalue weighted by Gasteiger charge is -2.22. The van der Waals surface area contributed by atoms with Crippen LogP contribution in [-0.2, 0) is 14.3 Å². The number of amides is 1. The molecule has 0 fully saturated rings. The van der Waals surface area contributed by atoms with Crippen LogP contribution in [0.2, 0.25) is 0 Å². The third-order valence-corrected chi connectivity index (χ3v) is 15.2. The zero-order valence-electron chi connectivity index (χ0n) is 49.1. The summed E-state index contributed by atoms with van der Waals surface area (Å²) < 4.78 is 5.50. The molecule has 6 heteroatoms. The maximum atomic E-state index is 12.5. The summed E-state index contributed by atoms with van der Waals surface area (Å²) in [4.78, 5) is 24.6. The molecule has 0 aromatic carbocycles. The molecule has 2 atom stereocenters. The van der Waals surface area contributed by atoms with Crippen molar-refractivity contribution in [1.29, 1.82) is 0 Å². The molecule has 3 N–H and O–H groups in total. The predicted molar refractivity (Wildman–Crippen MR) is 319 cm³/mol. The number of hydrogen-bond donors (Lipinski definition) is 3. The Hall–Kier alpha value is -1.92. The molecule has 73 heavy (non-hydrogen) atoms. The molecule has 6 nitrogen and oxygen atoms in total. The lowest BCUT2D eigenvalue weighted by atomic mass is 10.0. The van der Waals surface area contributed by atoms with E-state index in [0.717, 1.165) is 51.4 Å². The highest BCUT2D eigenvalue weighted by molar-refractivity contribution is 5.76. The fourth-order valence-electron chi connectivity index (χ4n) is 10.1. The topological polar surface area (TPSA) is 95.9 Å². The molecule has 0 saturated carbocycles. The van der Waals surface area contributed by atoms with Gasteiger partial charge in [0.05, 0.1) is 25.4 Å². The van der Waals surface area contributed by atoms with Crippen molar-refractivity contribution < 1.29 is 24.5 Å². The van der Waals surface area contributed by atoms with E-state index in [1.54, 1.807) is 0 Å². The molecule has 1 amide bonds. The number of esters is 1. The predicted octanol–water partition coefficient (Wildman–Crippen LogP) is 20.8. The van der Waals surface area contributed by atoms with Crippen LogP contribution in [0.4, 0.5) is 0 Å². The molecular formula is C67H127NO5. The van der Waals surface area contributed by atoms with Crippen LogP contribution in [0.25, 0.3) is 0 Å². The highest BCUT2D eigenvalue weighted by Crippen LogP contribution is 2.18. The Kier molecular flexibility index (Phi) is 61.0. The highest BCUT2D eigenvalue weighted by atomic mass is 16.5. The number of unbranched alkanes of at least 4 members (excludes halogenated alkanes) is 44. The third-order valence-electron chi connectivity index (χ3n) is 15.2. The van der Waals surface area contributed by atoms with E-state index in [9.17, 15) is 19.8 Å². The van der Waals surface area contributed by atoms with Gasteiger partial charge in [0.2, 0.25) is 5.91 Å². The Balaban J connectivity index is 3.42. The molecule has 0 aromatic rings. The fourth-order valence-corrected chi connectivity index (χ4v) is 10.1. The number of carbonyl (C=O) groups is 2. The fraction of sp³-hybridized carbons (Fsp3) is 0.881. The minimum atomic E-state index is -0.671. The van der Waals surface area contributed by atoms with Crippen molar-refractivity contribution in [2.75, 3.05) is 13.2 Å². The van der Waals surface area contributed by atoms with Gasteiger partial charge in [0.1, 0.15) is 0 Å². The SMILES string of the molecule is CCCCC/C=C\C/C=C\CCCCCCCCCCCC(=O)OCCCCCCCCCCC/C=C\CCCCCCCCCC(=O)NC(CO)C(O)CCCCCCCCCCCCCCCCCCC. The third kappa shape index (κ3) is 59.2. The first kappa shape index (κ1) is 71.1. The van der Waals surface area contributed by atoms with E-state index in [1.165, 1.54) is 270 Å². The van der Waals surface area contributed by atoms with Gasteiger partial charge in [0, 0.05) is 12.8 Å². The van der Waals surface area contributed by atoms with Crippen LogP contribution in [0.15, 0.2) is 36.5 Å². The number of ether oxygens (including phenoxy) is 1. The molecule has 0 radical (unpaired) electrons. The largest absolute Gasteiger partial charge is 0.466 e. The summed E-state index contributed by atoms with van der Waals surface area (Å²) in [7, 11) is 0. The van der Waals surface area contributed by atoms with Gasteiger partial charge >= 0.3 is 5.97 Å². The first-order valence-electron chi connectivity index (χ1n) is 32.7. The smallest absolute Gasteiger partial charge is 0.305 e. The second kappa shape index (κ2) is 62.6. The molecule has 0 aromatic heterocycles. The van der Waals surface area contributed by atoms with Crippen LogP contribution >= 0.6 is 0 Å². The van der Waals surface area contributed by atoms with Crippen molar-refractivity contribution in [3.8, 4) is 0 Å². The Morgan fingerprint density at radius 2 is 0.685 bits per heavy atom. The summed E-state index contributed by atoms with van der Waals surface area (Å²) in [5.74, 6) is -0.0385. The average molecular weight is 1030 g/mol. The molecule has 0 rings (SSSR count). The molecule has 0 spiro atoms. The molecular weight excluding hydrogens is 899 g/mol. The van der Waals surface area contributed by atoms with Crippen LogP contribution in [0, 0.1) is 0 Å². The van der Waals surface area contributed by atoms with Gasteiger partial charge in [-0.25, -0.2) is 0 Å². The minimum absolute atomic E-state index is 0.00288. The lowest BCUT2D eigenvalue weighted by Crippen LogP contribution is -2.45. The molecule has 0 saturated heterocycles. The summed E-state index contributed by atoms with van der Waals surface area (Å²) >= 11 is 0. The van der Waals surface area contributed by atoms with Crippen molar-refractivity contribution in [3.63, 3.8) is 0 Å². The highest BCUT2D eigenvalue weighted by Gasteiger charge is 2.20. The normalized spacial score (nSPS) is 12.8. The Morgan fingerprint density at radius 3 is 1.08 bits per heavy atom. The maximum absolute atomic E-state index is 12.5. The van der Waals surface area contributed by atoms with Crippen molar-refractivity contribution in [2.45, 2.75) is 366 Å². The summed E-state index contributed by atoms with van der Waals surface area (Å²) in [5.41, 5.74) is 0. The monoisotopic (exact) mass is 1030 g/mol. The van der Waals surface area contributed by atoms with Gasteiger partial charge in [-0.15, -0.1) is 0 Å². The molecule has 0 aliphatic heterocycles. The lowest BCUT2D eigenvalue weighted by molar-refractivity contribution is -0.143. The standard InChI is InChI=1S/C67H127NO5/c1-3-5-7-9-11-13-15-17-19-21-24-29-33-37-41-45-49-53-57-61-67(72)73-62-58-54-50-46-42-38-34-30-26-23-22-25-28-32-36-40-44-48-52-56-60-66(71)68-64(63-69)65(70)59-55-51-47-43-39-35-31-27-20-18-16-14-12-10-8-6-4-2/h11,13,17,19,22,25,64-65,69-70H,3-10,12,14-16,18,20-21,23-24,26-63H2,1-2H3,(H,68,71)/b13-11-,19-17-,25-22-. The molecule has 0 aliphatic carbocycles. The number of aliphatic hydroxyl groups excluding tert-OH is 2. The average Bonchev–Trinajstić information content (AvgIpc) is 3.39. The van der Waals surface area contributed by atoms with Gasteiger partial charge in [-0.2, -0.15) is 0 Å². The van der Waals surface area contributed by atoms with Gasteiger partial charge in [0.25, 0.3) is 0 Å². The minimum Gasteiger partial charge on any atom is -0.466 e. The molecule has 430 valence electrons. The first-order valence-corrected chi connectivity index (χ1v) is 32.7. The Labute approximate surface area is 455 Å². The number of hydrogen-bond acceptors (Lipinski definition) is 5. The van der Waals surface area contributed by atoms with E-state index >= 15 is 0 Å². The second-order valence-corrected chi connectivity index (χ2v) is 22.4. The first-order chi connectivity index (χ1) is 36.0. The van der Waals surface area contributed by atoms with E-state index in [0.29, 0.717) is 25.9 Å². The quantitative estimate of drug-likeness (QED) is 0.0320. The van der Waals surface area contributed by atoms with Gasteiger partial charge in [-0.05, 0) is 83.5 Å². The van der Waals surface area contributed by atoms with E-state index < -0.39 is 12.1 Å². The zero-order chi connectivity index (χ0) is 52.9. The van der Waals surface area contributed by atoms with Crippen molar-refractivity contribution in [3.05, 3.63) is 36.5 Å². The van der Waals surface area contributed by atoms with Gasteiger partial charge in [-0.3, -0.25) is 9.59 Å². The van der Waals surface area contributed by atoms with Crippen LogP contribution in [0.1, 0.15) is 354 Å². The summed E-state index contributed by atoms with van der Waals surface area (Å²) in [6, 6.07) is -0.549. The van der Waals surface area contributed by atoms with E-state index in [4.69, 9.17) is 4.74 Å². The Morgan fingerprint density at radius 1 is 0.384 bits per heavy atom. The van der Waals surface area contributed by atoms with Gasteiger partial charge in [0.15, 0.2) is 0 Å². The number of rotatable bonds is 61. The van der Waals surface area contributed by atoms with E-state index in [1.807, 2.05) is 0 Å². The van der Waals surface area contributed by atoms with Gasteiger partial charge < -0.3 is 20.3 Å². The van der Waals surface area contributed by atoms with Crippen molar-refractivity contribution in [1.82, 2.24) is 5.32 Å². The van der Waals surface area contributed by atoms with Crippen LogP contribution in [0.3, 0.4) is 0 Å².